The number of para-hydroxylation sites is 1. The molecule has 0 unspecified atom stereocenters. The maximum atomic E-state index is 14.1. The number of halogens is 1. The Kier molecular flexibility index (Phi) is 5.00. The molecule has 1 atom stereocenters. The van der Waals surface area contributed by atoms with E-state index in [1.54, 1.807) is 19.1 Å². The topological polar surface area (TPSA) is 26.7 Å². The molecule has 0 bridgehead atoms. The van der Waals surface area contributed by atoms with E-state index < -0.39 is 6.10 Å². The van der Waals surface area contributed by atoms with Crippen LogP contribution in [0.1, 0.15) is 31.4 Å². The van der Waals surface area contributed by atoms with E-state index in [0.717, 1.165) is 32.5 Å². The fourth-order valence-corrected chi connectivity index (χ4v) is 3.00. The first-order valence-electron chi connectivity index (χ1n) is 7.35. The average Bonchev–Trinajstić information content (AvgIpc) is 2.40. The minimum Gasteiger partial charge on any atom is -0.389 e. The van der Waals surface area contributed by atoms with Crippen LogP contribution in [0.4, 0.5) is 10.1 Å². The molecule has 1 aromatic carbocycles. The third-order valence-electron chi connectivity index (χ3n) is 4.22. The molecule has 1 aliphatic rings. The second kappa shape index (κ2) is 6.55. The van der Waals surface area contributed by atoms with Crippen LogP contribution in [0.3, 0.4) is 0 Å². The summed E-state index contributed by atoms with van der Waals surface area (Å²) in [5, 5.41) is 9.82. The highest BCUT2D eigenvalue weighted by Gasteiger charge is 2.21. The van der Waals surface area contributed by atoms with E-state index in [2.05, 4.69) is 11.9 Å². The molecule has 1 saturated heterocycles. The Morgan fingerprint density at radius 2 is 2.05 bits per heavy atom. The van der Waals surface area contributed by atoms with Crippen LogP contribution in [0.25, 0.3) is 0 Å². The van der Waals surface area contributed by atoms with Gasteiger partial charge in [0.2, 0.25) is 0 Å². The zero-order chi connectivity index (χ0) is 14.7. The molecule has 1 aliphatic heterocycles. The van der Waals surface area contributed by atoms with Gasteiger partial charge in [-0.2, -0.15) is 0 Å². The molecule has 112 valence electrons. The Morgan fingerprint density at radius 3 is 2.65 bits per heavy atom. The second-order valence-electron chi connectivity index (χ2n) is 5.98. The van der Waals surface area contributed by atoms with Crippen molar-refractivity contribution in [3.05, 3.63) is 29.6 Å². The van der Waals surface area contributed by atoms with Crippen molar-refractivity contribution in [2.24, 2.45) is 5.92 Å². The van der Waals surface area contributed by atoms with Gasteiger partial charge in [-0.15, -0.1) is 0 Å². The molecule has 0 amide bonds. The molecule has 1 N–H and O–H groups in total. The molecule has 0 spiro atoms. The van der Waals surface area contributed by atoms with E-state index in [4.69, 9.17) is 0 Å². The number of piperidine rings is 1. The van der Waals surface area contributed by atoms with Gasteiger partial charge in [0.1, 0.15) is 5.82 Å². The van der Waals surface area contributed by atoms with E-state index in [-0.39, 0.29) is 5.82 Å². The van der Waals surface area contributed by atoms with Gasteiger partial charge in [-0.05, 0) is 51.9 Å². The standard InChI is InChI=1S/C16H25FN2O/c1-12(20)14-5-4-6-15(17)16(14)19(3)11-13-7-9-18(2)10-8-13/h4-6,12-13,20H,7-11H2,1-3H3/t12-/m1/s1. The minimum atomic E-state index is -0.652. The third-order valence-corrected chi connectivity index (χ3v) is 4.22. The second-order valence-corrected chi connectivity index (χ2v) is 5.98. The lowest BCUT2D eigenvalue weighted by atomic mass is 9.96. The number of rotatable bonds is 4. The van der Waals surface area contributed by atoms with Gasteiger partial charge >= 0.3 is 0 Å². The highest BCUT2D eigenvalue weighted by molar-refractivity contribution is 5.55. The molecule has 2 rings (SSSR count). The van der Waals surface area contributed by atoms with Crippen molar-refractivity contribution < 1.29 is 9.50 Å². The van der Waals surface area contributed by atoms with Crippen LogP contribution in [0, 0.1) is 11.7 Å². The summed E-state index contributed by atoms with van der Waals surface area (Å²) in [4.78, 5) is 4.30. The van der Waals surface area contributed by atoms with Crippen LogP contribution in [-0.2, 0) is 0 Å². The Balaban J connectivity index is 2.11. The van der Waals surface area contributed by atoms with E-state index >= 15 is 0 Å². The summed E-state index contributed by atoms with van der Waals surface area (Å²) in [7, 11) is 4.06. The highest BCUT2D eigenvalue weighted by Crippen LogP contribution is 2.30. The van der Waals surface area contributed by atoms with Crippen molar-refractivity contribution >= 4 is 5.69 Å². The van der Waals surface area contributed by atoms with Gasteiger partial charge in [-0.1, -0.05) is 12.1 Å². The molecule has 0 radical (unpaired) electrons. The van der Waals surface area contributed by atoms with Gasteiger partial charge in [0.05, 0.1) is 11.8 Å². The van der Waals surface area contributed by atoms with Crippen LogP contribution in [-0.4, -0.2) is 43.7 Å². The summed E-state index contributed by atoms with van der Waals surface area (Å²) in [6, 6.07) is 4.92. The number of likely N-dealkylation sites (tertiary alicyclic amines) is 1. The molecule has 1 aromatic rings. The third kappa shape index (κ3) is 3.49. The fourth-order valence-electron chi connectivity index (χ4n) is 3.00. The van der Waals surface area contributed by atoms with Crippen LogP contribution >= 0.6 is 0 Å². The number of benzene rings is 1. The summed E-state index contributed by atoms with van der Waals surface area (Å²) in [5.74, 6) is 0.344. The number of anilines is 1. The summed E-state index contributed by atoms with van der Waals surface area (Å²) in [6.07, 6.45) is 1.65. The molecule has 20 heavy (non-hydrogen) atoms. The predicted molar refractivity (Wildman–Crippen MR) is 80.5 cm³/mol. The van der Waals surface area contributed by atoms with Crippen molar-refractivity contribution in [1.82, 2.24) is 4.90 Å². The van der Waals surface area contributed by atoms with E-state index in [9.17, 15) is 9.50 Å². The zero-order valence-corrected chi connectivity index (χ0v) is 12.6. The molecule has 0 aromatic heterocycles. The zero-order valence-electron chi connectivity index (χ0n) is 12.6. The molecule has 4 heteroatoms. The SMILES string of the molecule is C[C@@H](O)c1cccc(F)c1N(C)CC1CCN(C)CC1. The first kappa shape index (κ1) is 15.3. The van der Waals surface area contributed by atoms with Crippen LogP contribution in [0.2, 0.25) is 0 Å². The first-order chi connectivity index (χ1) is 9.49. The maximum absolute atomic E-state index is 14.1. The number of hydrogen-bond acceptors (Lipinski definition) is 3. The average molecular weight is 280 g/mol. The summed E-state index contributed by atoms with van der Waals surface area (Å²) in [5.41, 5.74) is 1.21. The van der Waals surface area contributed by atoms with Crippen molar-refractivity contribution in [2.45, 2.75) is 25.9 Å². The monoisotopic (exact) mass is 280 g/mol. The molecule has 0 saturated carbocycles. The van der Waals surface area contributed by atoms with Gasteiger partial charge < -0.3 is 14.9 Å². The maximum Gasteiger partial charge on any atom is 0.146 e. The van der Waals surface area contributed by atoms with Crippen molar-refractivity contribution in [3.63, 3.8) is 0 Å². The molecule has 1 heterocycles. The van der Waals surface area contributed by atoms with Gasteiger partial charge in [-0.25, -0.2) is 4.39 Å². The number of hydrogen-bond donors (Lipinski definition) is 1. The van der Waals surface area contributed by atoms with Crippen LogP contribution in [0.15, 0.2) is 18.2 Å². The number of aliphatic hydroxyl groups is 1. The Morgan fingerprint density at radius 1 is 1.40 bits per heavy atom. The van der Waals surface area contributed by atoms with E-state index in [1.807, 2.05) is 11.9 Å². The summed E-state index contributed by atoms with van der Waals surface area (Å²) >= 11 is 0. The lowest BCUT2D eigenvalue weighted by Crippen LogP contribution is -2.36. The largest absolute Gasteiger partial charge is 0.389 e. The highest BCUT2D eigenvalue weighted by atomic mass is 19.1. The van der Waals surface area contributed by atoms with Gasteiger partial charge in [-0.3, -0.25) is 0 Å². The molecule has 0 aliphatic carbocycles. The molecular formula is C16H25FN2O. The molecule has 1 fully saturated rings. The van der Waals surface area contributed by atoms with Crippen molar-refractivity contribution in [2.75, 3.05) is 38.6 Å². The summed E-state index contributed by atoms with van der Waals surface area (Å²) in [6.45, 7) is 4.74. The lowest BCUT2D eigenvalue weighted by Gasteiger charge is -2.33. The van der Waals surface area contributed by atoms with E-state index in [0.29, 0.717) is 17.2 Å². The van der Waals surface area contributed by atoms with Crippen LogP contribution in [0.5, 0.6) is 0 Å². The Bertz CT molecular complexity index is 442. The smallest absolute Gasteiger partial charge is 0.146 e. The Labute approximate surface area is 121 Å². The van der Waals surface area contributed by atoms with Gasteiger partial charge in [0.15, 0.2) is 0 Å². The number of aliphatic hydroxyl groups excluding tert-OH is 1. The normalized spacial score (nSPS) is 19.1. The molecule has 3 nitrogen and oxygen atoms in total. The van der Waals surface area contributed by atoms with Crippen molar-refractivity contribution in [3.8, 4) is 0 Å². The Hall–Kier alpha value is -1.13. The van der Waals surface area contributed by atoms with Crippen LogP contribution < -0.4 is 4.90 Å². The van der Waals surface area contributed by atoms with E-state index in [1.165, 1.54) is 6.07 Å². The number of nitrogens with zero attached hydrogens (tertiary/aromatic N) is 2. The lowest BCUT2D eigenvalue weighted by molar-refractivity contribution is 0.198. The fraction of sp³-hybridized carbons (Fsp3) is 0.625. The van der Waals surface area contributed by atoms with Gasteiger partial charge in [0.25, 0.3) is 0 Å². The summed E-state index contributed by atoms with van der Waals surface area (Å²) < 4.78 is 14.1. The molecular weight excluding hydrogens is 255 g/mol. The first-order valence-corrected chi connectivity index (χ1v) is 7.35. The predicted octanol–water partition coefficient (Wildman–Crippen LogP) is 2.66. The minimum absolute atomic E-state index is 0.251. The van der Waals surface area contributed by atoms with Gasteiger partial charge in [0, 0.05) is 19.2 Å². The van der Waals surface area contributed by atoms with Crippen molar-refractivity contribution in [1.29, 1.82) is 0 Å². The quantitative estimate of drug-likeness (QED) is 0.918.